The van der Waals surface area contributed by atoms with E-state index in [1.807, 2.05) is 26.0 Å². The fourth-order valence-corrected chi connectivity index (χ4v) is 0.856. The van der Waals surface area contributed by atoms with Crippen LogP contribution in [0.25, 0.3) is 0 Å². The summed E-state index contributed by atoms with van der Waals surface area (Å²) in [5.41, 5.74) is 0. The van der Waals surface area contributed by atoms with Gasteiger partial charge in [-0.25, -0.2) is 0 Å². The molecule has 0 saturated carbocycles. The van der Waals surface area contributed by atoms with Crippen molar-refractivity contribution in [1.82, 2.24) is 0 Å². The third-order valence-electron chi connectivity index (χ3n) is 1.51. The Morgan fingerprint density at radius 1 is 0.579 bits per heavy atom. The largest absolute Gasteiger partial charge is 0.508 e. The van der Waals surface area contributed by atoms with Crippen molar-refractivity contribution >= 4 is 0 Å². The zero-order valence-electron chi connectivity index (χ0n) is 12.2. The van der Waals surface area contributed by atoms with Crippen molar-refractivity contribution in [3.05, 3.63) is 75.5 Å². The van der Waals surface area contributed by atoms with Crippen molar-refractivity contribution in [2.75, 3.05) is 0 Å². The van der Waals surface area contributed by atoms with E-state index in [2.05, 4.69) is 0 Å². The molecule has 2 rings (SSSR count). The SMILES string of the molecule is CC.Oc1ccccc1.Oc1ccccc1.[CH3-].[CH3-].[Y]. The maximum absolute atomic E-state index is 8.63. The molecule has 105 valence electrons. The second-order valence-electron chi connectivity index (χ2n) is 2.67. The van der Waals surface area contributed by atoms with Crippen molar-refractivity contribution in [3.8, 4) is 11.5 Å². The number of para-hydroxylation sites is 2. The Labute approximate surface area is 143 Å². The van der Waals surface area contributed by atoms with E-state index < -0.39 is 0 Å². The first kappa shape index (κ1) is 26.7. The van der Waals surface area contributed by atoms with Crippen molar-refractivity contribution in [2.24, 2.45) is 0 Å². The quantitative estimate of drug-likeness (QED) is 0.684. The van der Waals surface area contributed by atoms with Crippen LogP contribution in [0.4, 0.5) is 0 Å². The van der Waals surface area contributed by atoms with Crippen LogP contribution in [0.15, 0.2) is 60.7 Å². The van der Waals surface area contributed by atoms with Crippen molar-refractivity contribution < 1.29 is 42.9 Å². The van der Waals surface area contributed by atoms with E-state index in [9.17, 15) is 0 Å². The second-order valence-corrected chi connectivity index (χ2v) is 2.67. The van der Waals surface area contributed by atoms with Crippen LogP contribution < -0.4 is 0 Å². The normalized spacial score (nSPS) is 6.63. The minimum atomic E-state index is 0. The smallest absolute Gasteiger partial charge is 0.115 e. The van der Waals surface area contributed by atoms with Gasteiger partial charge in [0.05, 0.1) is 0 Å². The van der Waals surface area contributed by atoms with Gasteiger partial charge in [-0.2, -0.15) is 0 Å². The number of hydrogen-bond donors (Lipinski definition) is 2. The Balaban J connectivity index is -0.0000000919. The van der Waals surface area contributed by atoms with Gasteiger partial charge in [-0.1, -0.05) is 50.2 Å². The molecule has 2 aromatic rings. The molecule has 0 aliphatic carbocycles. The van der Waals surface area contributed by atoms with Crippen LogP contribution >= 0.6 is 0 Å². The maximum Gasteiger partial charge on any atom is 0.115 e. The Hall–Kier alpha value is -0.856. The molecular formula is C16H24O2Y-2. The van der Waals surface area contributed by atoms with Gasteiger partial charge in [-0.05, 0) is 24.3 Å². The Kier molecular flexibility index (Phi) is 27.3. The van der Waals surface area contributed by atoms with Gasteiger partial charge < -0.3 is 25.1 Å². The molecule has 2 N–H and O–H groups in total. The van der Waals surface area contributed by atoms with Crippen LogP contribution in [0.2, 0.25) is 0 Å². The Bertz CT molecular complexity index is 312. The Morgan fingerprint density at radius 2 is 0.789 bits per heavy atom. The van der Waals surface area contributed by atoms with E-state index in [4.69, 9.17) is 10.2 Å². The summed E-state index contributed by atoms with van der Waals surface area (Å²) in [7, 11) is 0. The summed E-state index contributed by atoms with van der Waals surface area (Å²) in [6, 6.07) is 17.4. The second kappa shape index (κ2) is 19.5. The summed E-state index contributed by atoms with van der Waals surface area (Å²) >= 11 is 0. The summed E-state index contributed by atoms with van der Waals surface area (Å²) in [6.07, 6.45) is 0. The van der Waals surface area contributed by atoms with E-state index in [0.29, 0.717) is 11.5 Å². The molecule has 0 heterocycles. The fourth-order valence-electron chi connectivity index (χ4n) is 0.856. The number of rotatable bonds is 0. The first-order valence-electron chi connectivity index (χ1n) is 5.27. The molecule has 19 heavy (non-hydrogen) atoms. The van der Waals surface area contributed by atoms with E-state index in [-0.39, 0.29) is 47.6 Å². The summed E-state index contributed by atoms with van der Waals surface area (Å²) in [5.74, 6) is 0.644. The molecule has 0 aliphatic heterocycles. The molecule has 0 amide bonds. The van der Waals surface area contributed by atoms with E-state index in [0.717, 1.165) is 0 Å². The van der Waals surface area contributed by atoms with Crippen LogP contribution in [-0.2, 0) is 32.7 Å². The van der Waals surface area contributed by atoms with Gasteiger partial charge in [0, 0.05) is 32.7 Å². The van der Waals surface area contributed by atoms with Gasteiger partial charge in [0.25, 0.3) is 0 Å². The third kappa shape index (κ3) is 17.1. The van der Waals surface area contributed by atoms with Gasteiger partial charge in [-0.15, -0.1) is 0 Å². The van der Waals surface area contributed by atoms with Gasteiger partial charge >= 0.3 is 0 Å². The number of phenolic OH excluding ortho intramolecular Hbond substituents is 2. The number of aromatic hydroxyl groups is 2. The monoisotopic (exact) mass is 337 g/mol. The third-order valence-corrected chi connectivity index (χ3v) is 1.51. The van der Waals surface area contributed by atoms with Gasteiger partial charge in [0.15, 0.2) is 0 Å². The zero-order chi connectivity index (χ0) is 12.2. The van der Waals surface area contributed by atoms with E-state index in [1.54, 1.807) is 48.5 Å². The summed E-state index contributed by atoms with van der Waals surface area (Å²) < 4.78 is 0. The van der Waals surface area contributed by atoms with E-state index >= 15 is 0 Å². The molecule has 2 aromatic carbocycles. The predicted molar refractivity (Wildman–Crippen MR) is 80.4 cm³/mol. The molecular weight excluding hydrogens is 313 g/mol. The average molecular weight is 337 g/mol. The zero-order valence-corrected chi connectivity index (χ0v) is 15.1. The molecule has 0 spiro atoms. The molecule has 2 nitrogen and oxygen atoms in total. The molecule has 0 atom stereocenters. The summed E-state index contributed by atoms with van der Waals surface area (Å²) in [5, 5.41) is 17.3. The van der Waals surface area contributed by atoms with Gasteiger partial charge in [0.1, 0.15) is 11.5 Å². The topological polar surface area (TPSA) is 40.5 Å². The average Bonchev–Trinajstić information content (AvgIpc) is 2.34. The van der Waals surface area contributed by atoms with Gasteiger partial charge in [-0.3, -0.25) is 0 Å². The first-order chi connectivity index (χ1) is 7.79. The predicted octanol–water partition coefficient (Wildman–Crippen LogP) is 4.71. The first-order valence-corrected chi connectivity index (χ1v) is 5.27. The molecule has 1 radical (unpaired) electrons. The molecule has 0 bridgehead atoms. The number of benzene rings is 2. The minimum Gasteiger partial charge on any atom is -0.508 e. The molecule has 0 aliphatic rings. The Morgan fingerprint density at radius 3 is 0.895 bits per heavy atom. The molecule has 3 heteroatoms. The fraction of sp³-hybridized carbons (Fsp3) is 0.125. The van der Waals surface area contributed by atoms with E-state index in [1.165, 1.54) is 0 Å². The molecule has 0 saturated heterocycles. The molecule has 0 aromatic heterocycles. The maximum atomic E-state index is 8.63. The van der Waals surface area contributed by atoms with Crippen molar-refractivity contribution in [1.29, 1.82) is 0 Å². The van der Waals surface area contributed by atoms with Crippen LogP contribution in [0.3, 0.4) is 0 Å². The number of phenols is 2. The van der Waals surface area contributed by atoms with Crippen molar-refractivity contribution in [2.45, 2.75) is 13.8 Å². The van der Waals surface area contributed by atoms with Crippen LogP contribution in [-0.4, -0.2) is 10.2 Å². The molecule has 0 fully saturated rings. The minimum absolute atomic E-state index is 0. The van der Waals surface area contributed by atoms with Crippen molar-refractivity contribution in [3.63, 3.8) is 0 Å². The van der Waals surface area contributed by atoms with Crippen LogP contribution in [0.5, 0.6) is 11.5 Å². The summed E-state index contributed by atoms with van der Waals surface area (Å²) in [6.45, 7) is 4.00. The van der Waals surface area contributed by atoms with Crippen LogP contribution in [0.1, 0.15) is 13.8 Å². The number of hydrogen-bond acceptors (Lipinski definition) is 2. The standard InChI is InChI=1S/2C6H6O.C2H6.2CH3.Y/c2*7-6-4-2-1-3-5-6;1-2;;;/h2*1-5,7H;1-2H3;2*1H3;/q;;;2*-1;. The van der Waals surface area contributed by atoms with Gasteiger partial charge in [0.2, 0.25) is 0 Å². The summed E-state index contributed by atoms with van der Waals surface area (Å²) in [4.78, 5) is 0. The molecule has 0 unspecified atom stereocenters. The van der Waals surface area contributed by atoms with Crippen LogP contribution in [0, 0.1) is 14.9 Å².